The van der Waals surface area contributed by atoms with Gasteiger partial charge in [0.1, 0.15) is 19.0 Å². The quantitative estimate of drug-likeness (QED) is 0.734. The number of amides is 1. The van der Waals surface area contributed by atoms with Gasteiger partial charge in [0.05, 0.1) is 0 Å². The molecule has 1 aliphatic rings. The molecule has 1 aliphatic carbocycles. The van der Waals surface area contributed by atoms with E-state index in [1.807, 2.05) is 18.2 Å². The van der Waals surface area contributed by atoms with Gasteiger partial charge in [-0.2, -0.15) is 0 Å². The van der Waals surface area contributed by atoms with E-state index in [0.717, 1.165) is 31.2 Å². The molecule has 2 rings (SSSR count). The lowest BCUT2D eigenvalue weighted by Gasteiger charge is -2.27. The van der Waals surface area contributed by atoms with E-state index in [4.69, 9.17) is 25.8 Å². The van der Waals surface area contributed by atoms with Crippen molar-refractivity contribution in [3.05, 3.63) is 34.9 Å². The summed E-state index contributed by atoms with van der Waals surface area (Å²) in [5.41, 5.74) is 0.772. The Hall–Kier alpha value is -1.30. The van der Waals surface area contributed by atoms with Crippen molar-refractivity contribution < 1.29 is 19.0 Å². The second kappa shape index (κ2) is 9.87. The van der Waals surface area contributed by atoms with Crippen molar-refractivity contribution in [2.75, 3.05) is 13.9 Å². The van der Waals surface area contributed by atoms with Crippen molar-refractivity contribution in [1.82, 2.24) is 5.32 Å². The molecule has 1 amide bonds. The lowest BCUT2D eigenvalue weighted by Crippen LogP contribution is -2.39. The van der Waals surface area contributed by atoms with Crippen LogP contribution >= 0.6 is 11.6 Å². The average Bonchev–Trinajstić information content (AvgIpc) is 2.57. The number of methoxy groups -OCH3 is 1. The van der Waals surface area contributed by atoms with Gasteiger partial charge in [0.25, 0.3) is 0 Å². The molecule has 1 fully saturated rings. The van der Waals surface area contributed by atoms with Crippen LogP contribution in [0.3, 0.4) is 0 Å². The molecule has 0 unspecified atom stereocenters. The highest BCUT2D eigenvalue weighted by Gasteiger charge is 2.26. The molecule has 1 aromatic rings. The molecular weight excluding hydrogens is 330 g/mol. The molecule has 2 atom stereocenters. The van der Waals surface area contributed by atoms with Crippen LogP contribution in [0.15, 0.2) is 24.3 Å². The van der Waals surface area contributed by atoms with E-state index in [0.29, 0.717) is 5.02 Å². The van der Waals surface area contributed by atoms with Gasteiger partial charge in [0.15, 0.2) is 0 Å². The van der Waals surface area contributed by atoms with Crippen molar-refractivity contribution >= 4 is 17.7 Å². The van der Waals surface area contributed by atoms with Crippen molar-refractivity contribution in [3.63, 3.8) is 0 Å². The molecule has 0 heterocycles. The van der Waals surface area contributed by atoms with Gasteiger partial charge in [0, 0.05) is 23.7 Å². The Morgan fingerprint density at radius 3 is 2.67 bits per heavy atom. The predicted molar refractivity (Wildman–Crippen MR) is 93.1 cm³/mol. The standard InChI is InChI=1S/C18H26ClNO4/c1-13(24-18(21)20-14-8-4-3-5-9-14)17(23-12-22-2)15-10-6-7-11-16(15)19/h6-7,10-11,13-14,17H,3-5,8-9,12H2,1-2H3,(H,20,21)/t13-,17+/m1/s1. The van der Waals surface area contributed by atoms with E-state index in [2.05, 4.69) is 5.32 Å². The maximum absolute atomic E-state index is 12.2. The summed E-state index contributed by atoms with van der Waals surface area (Å²) in [7, 11) is 1.55. The second-order valence-corrected chi connectivity index (χ2v) is 6.51. The first-order valence-electron chi connectivity index (χ1n) is 8.44. The Labute approximate surface area is 148 Å². The van der Waals surface area contributed by atoms with Crippen LogP contribution < -0.4 is 5.32 Å². The zero-order chi connectivity index (χ0) is 17.4. The third-order valence-electron chi connectivity index (χ3n) is 4.22. The lowest BCUT2D eigenvalue weighted by molar-refractivity contribution is -0.112. The molecular formula is C18H26ClNO4. The molecule has 1 N–H and O–H groups in total. The van der Waals surface area contributed by atoms with E-state index >= 15 is 0 Å². The third-order valence-corrected chi connectivity index (χ3v) is 4.57. The molecule has 0 saturated heterocycles. The number of nitrogens with one attached hydrogen (secondary N) is 1. The number of hydrogen-bond acceptors (Lipinski definition) is 4. The van der Waals surface area contributed by atoms with E-state index in [9.17, 15) is 4.79 Å². The number of halogens is 1. The Kier molecular flexibility index (Phi) is 7.82. The van der Waals surface area contributed by atoms with E-state index < -0.39 is 18.3 Å². The minimum atomic E-state index is -0.497. The van der Waals surface area contributed by atoms with Crippen LogP contribution in [-0.2, 0) is 14.2 Å². The highest BCUT2D eigenvalue weighted by atomic mass is 35.5. The fourth-order valence-electron chi connectivity index (χ4n) is 3.00. The number of hydrogen-bond donors (Lipinski definition) is 1. The molecule has 134 valence electrons. The highest BCUT2D eigenvalue weighted by Crippen LogP contribution is 2.29. The Balaban J connectivity index is 1.97. The van der Waals surface area contributed by atoms with Crippen LogP contribution in [0.2, 0.25) is 5.02 Å². The lowest BCUT2D eigenvalue weighted by atomic mass is 9.96. The number of ether oxygens (including phenoxy) is 3. The van der Waals surface area contributed by atoms with Gasteiger partial charge in [-0.1, -0.05) is 49.1 Å². The first-order chi connectivity index (χ1) is 11.6. The second-order valence-electron chi connectivity index (χ2n) is 6.11. The van der Waals surface area contributed by atoms with Crippen molar-refractivity contribution in [3.8, 4) is 0 Å². The number of carbonyl (C=O) groups is 1. The van der Waals surface area contributed by atoms with E-state index in [1.54, 1.807) is 20.1 Å². The summed E-state index contributed by atoms with van der Waals surface area (Å²) in [5.74, 6) is 0. The summed E-state index contributed by atoms with van der Waals surface area (Å²) in [6.07, 6.45) is 4.17. The van der Waals surface area contributed by atoms with Crippen LogP contribution in [0.4, 0.5) is 4.79 Å². The number of alkyl carbamates (subject to hydrolysis) is 1. The normalized spacial score (nSPS) is 18.0. The van der Waals surface area contributed by atoms with Gasteiger partial charge < -0.3 is 19.5 Å². The average molecular weight is 356 g/mol. The topological polar surface area (TPSA) is 56.8 Å². The summed E-state index contributed by atoms with van der Waals surface area (Å²) >= 11 is 6.26. The molecule has 1 aromatic carbocycles. The number of benzene rings is 1. The summed E-state index contributed by atoms with van der Waals surface area (Å²) in [4.78, 5) is 12.2. The molecule has 0 aliphatic heterocycles. The molecule has 24 heavy (non-hydrogen) atoms. The van der Waals surface area contributed by atoms with Crippen molar-refractivity contribution in [2.45, 2.75) is 57.3 Å². The summed E-state index contributed by atoms with van der Waals surface area (Å²) in [6.45, 7) is 1.89. The van der Waals surface area contributed by atoms with Crippen LogP contribution in [0.5, 0.6) is 0 Å². The van der Waals surface area contributed by atoms with Gasteiger partial charge in [-0.05, 0) is 25.8 Å². The van der Waals surface area contributed by atoms with Gasteiger partial charge >= 0.3 is 6.09 Å². The SMILES string of the molecule is COCO[C@H](c1ccccc1Cl)[C@@H](C)OC(=O)NC1CCCCC1. The Morgan fingerprint density at radius 2 is 2.00 bits per heavy atom. The fourth-order valence-corrected chi connectivity index (χ4v) is 3.25. The highest BCUT2D eigenvalue weighted by molar-refractivity contribution is 6.31. The van der Waals surface area contributed by atoms with Crippen LogP contribution in [0.25, 0.3) is 0 Å². The predicted octanol–water partition coefficient (Wildman–Crippen LogP) is 4.45. The first kappa shape index (κ1) is 19.0. The zero-order valence-corrected chi connectivity index (χ0v) is 15.1. The molecule has 6 heteroatoms. The largest absolute Gasteiger partial charge is 0.443 e. The Bertz CT molecular complexity index is 519. The first-order valence-corrected chi connectivity index (χ1v) is 8.81. The zero-order valence-electron chi connectivity index (χ0n) is 14.3. The Morgan fingerprint density at radius 1 is 1.29 bits per heavy atom. The summed E-state index contributed by atoms with van der Waals surface area (Å²) in [6, 6.07) is 7.58. The van der Waals surface area contributed by atoms with Gasteiger partial charge in [-0.25, -0.2) is 4.79 Å². The molecule has 5 nitrogen and oxygen atoms in total. The number of carbonyl (C=O) groups excluding carboxylic acids is 1. The minimum absolute atomic E-state index is 0.0911. The van der Waals surface area contributed by atoms with Crippen LogP contribution in [-0.4, -0.2) is 32.1 Å². The summed E-state index contributed by atoms with van der Waals surface area (Å²) < 4.78 is 16.2. The maximum Gasteiger partial charge on any atom is 0.407 e. The van der Waals surface area contributed by atoms with Gasteiger partial charge in [0.2, 0.25) is 0 Å². The molecule has 0 spiro atoms. The monoisotopic (exact) mass is 355 g/mol. The van der Waals surface area contributed by atoms with Gasteiger partial charge in [-0.15, -0.1) is 0 Å². The minimum Gasteiger partial charge on any atom is -0.443 e. The van der Waals surface area contributed by atoms with Gasteiger partial charge in [-0.3, -0.25) is 0 Å². The third kappa shape index (κ3) is 5.65. The van der Waals surface area contributed by atoms with Crippen LogP contribution in [0, 0.1) is 0 Å². The van der Waals surface area contributed by atoms with E-state index in [1.165, 1.54) is 6.42 Å². The van der Waals surface area contributed by atoms with Crippen molar-refractivity contribution in [1.29, 1.82) is 0 Å². The fraction of sp³-hybridized carbons (Fsp3) is 0.611. The molecule has 0 aromatic heterocycles. The van der Waals surface area contributed by atoms with E-state index in [-0.39, 0.29) is 12.8 Å². The molecule has 1 saturated carbocycles. The summed E-state index contributed by atoms with van der Waals surface area (Å²) in [5, 5.41) is 3.52. The van der Waals surface area contributed by atoms with Crippen molar-refractivity contribution in [2.24, 2.45) is 0 Å². The van der Waals surface area contributed by atoms with Crippen LogP contribution in [0.1, 0.15) is 50.7 Å². The number of rotatable bonds is 7. The maximum atomic E-state index is 12.2. The molecule has 0 bridgehead atoms. The molecule has 0 radical (unpaired) electrons. The smallest absolute Gasteiger partial charge is 0.407 e.